The lowest BCUT2D eigenvalue weighted by Crippen LogP contribution is -2.04. The number of hydrogen-bond donors (Lipinski definition) is 1. The van der Waals surface area contributed by atoms with Gasteiger partial charge in [0.25, 0.3) is 0 Å². The van der Waals surface area contributed by atoms with E-state index in [9.17, 15) is 0 Å². The van der Waals surface area contributed by atoms with Gasteiger partial charge >= 0.3 is 0 Å². The summed E-state index contributed by atoms with van der Waals surface area (Å²) in [5.74, 6) is 1.06. The molecule has 0 amide bonds. The topological polar surface area (TPSA) is 29.9 Å². The van der Waals surface area contributed by atoms with Crippen molar-refractivity contribution in [3.8, 4) is 16.3 Å². The van der Waals surface area contributed by atoms with Crippen LogP contribution in [0.25, 0.3) is 16.3 Å². The molecule has 0 atom stereocenters. The molecule has 0 saturated heterocycles. The van der Waals surface area contributed by atoms with Gasteiger partial charge in [-0.2, -0.15) is 5.10 Å². The van der Waals surface area contributed by atoms with Crippen LogP contribution in [0.2, 0.25) is 9.36 Å². The number of benzene rings is 1. The van der Waals surface area contributed by atoms with Gasteiger partial charge in [0.1, 0.15) is 11.5 Å². The van der Waals surface area contributed by atoms with Gasteiger partial charge in [-0.15, -0.1) is 11.3 Å². The van der Waals surface area contributed by atoms with E-state index in [2.05, 4.69) is 5.32 Å². The summed E-state index contributed by atoms with van der Waals surface area (Å²) in [5.41, 5.74) is 4.28. The lowest BCUT2D eigenvalue weighted by Gasteiger charge is -2.08. The van der Waals surface area contributed by atoms with Crippen molar-refractivity contribution in [2.45, 2.75) is 13.3 Å². The Kier molecular flexibility index (Phi) is 3.40. The molecule has 1 N–H and O–H groups in total. The predicted molar refractivity (Wildman–Crippen MR) is 93.8 cm³/mol. The molecule has 1 aliphatic rings. The number of nitrogens with zero attached hydrogens (tertiary/aromatic N) is 2. The zero-order chi connectivity index (χ0) is 15.3. The third-order valence-corrected chi connectivity index (χ3v) is 5.50. The van der Waals surface area contributed by atoms with Crippen LogP contribution in [0.3, 0.4) is 0 Å². The molecule has 0 aliphatic carbocycles. The average Bonchev–Trinajstić information content (AvgIpc) is 3.17. The predicted octanol–water partition coefficient (Wildman–Crippen LogP) is 5.18. The van der Waals surface area contributed by atoms with Crippen molar-refractivity contribution in [2.24, 2.45) is 0 Å². The molecule has 1 aliphatic heterocycles. The van der Waals surface area contributed by atoms with Gasteiger partial charge in [0.05, 0.1) is 14.9 Å². The van der Waals surface area contributed by atoms with Gasteiger partial charge in [-0.25, -0.2) is 4.68 Å². The second-order valence-electron chi connectivity index (χ2n) is 5.30. The number of halogens is 2. The molecule has 0 bridgehead atoms. The van der Waals surface area contributed by atoms with E-state index >= 15 is 0 Å². The highest BCUT2D eigenvalue weighted by atomic mass is 35.5. The summed E-state index contributed by atoms with van der Waals surface area (Å²) in [4.78, 5) is 1.10. The van der Waals surface area contributed by atoms with Crippen LogP contribution in [0, 0.1) is 6.92 Å². The fourth-order valence-corrected chi connectivity index (χ4v) is 3.94. The average molecular weight is 350 g/mol. The quantitative estimate of drug-likeness (QED) is 0.690. The fourth-order valence-electron chi connectivity index (χ4n) is 2.71. The number of aryl methyl sites for hydroxylation is 1. The summed E-state index contributed by atoms with van der Waals surface area (Å²) < 4.78 is 2.72. The normalized spacial score (nSPS) is 13.2. The number of hydrogen-bond acceptors (Lipinski definition) is 3. The first kappa shape index (κ1) is 14.1. The maximum atomic E-state index is 6.26. The Morgan fingerprint density at radius 2 is 2.09 bits per heavy atom. The Morgan fingerprint density at radius 3 is 2.82 bits per heavy atom. The summed E-state index contributed by atoms with van der Waals surface area (Å²) >= 11 is 13.9. The molecule has 0 spiro atoms. The van der Waals surface area contributed by atoms with E-state index in [0.717, 1.165) is 50.0 Å². The number of aromatic nitrogens is 2. The number of anilines is 1. The Labute approximate surface area is 142 Å². The fraction of sp³-hybridized carbons (Fsp3) is 0.188. The highest BCUT2D eigenvalue weighted by Crippen LogP contribution is 2.38. The van der Waals surface area contributed by atoms with E-state index in [-0.39, 0.29) is 0 Å². The second kappa shape index (κ2) is 5.30. The van der Waals surface area contributed by atoms with E-state index < -0.39 is 0 Å². The SMILES string of the molecule is Cc1ccc(-n2nc(-c3ccc(Cl)s3)c3c2NCC3)cc1Cl. The van der Waals surface area contributed by atoms with Crippen molar-refractivity contribution >= 4 is 40.4 Å². The van der Waals surface area contributed by atoms with E-state index in [1.54, 1.807) is 11.3 Å². The zero-order valence-electron chi connectivity index (χ0n) is 11.9. The van der Waals surface area contributed by atoms with E-state index in [1.807, 2.05) is 41.9 Å². The number of thiophene rings is 1. The molecule has 22 heavy (non-hydrogen) atoms. The van der Waals surface area contributed by atoms with Gasteiger partial charge in [-0.3, -0.25) is 0 Å². The van der Waals surface area contributed by atoms with Crippen molar-refractivity contribution in [3.05, 3.63) is 50.8 Å². The summed E-state index contributed by atoms with van der Waals surface area (Å²) in [7, 11) is 0. The largest absolute Gasteiger partial charge is 0.369 e. The Balaban J connectivity index is 1.89. The van der Waals surface area contributed by atoms with Gasteiger partial charge in [0.2, 0.25) is 0 Å². The van der Waals surface area contributed by atoms with Crippen molar-refractivity contribution in [1.29, 1.82) is 0 Å². The molecule has 2 aromatic heterocycles. The number of rotatable bonds is 2. The molecule has 0 radical (unpaired) electrons. The van der Waals surface area contributed by atoms with Crippen molar-refractivity contribution in [1.82, 2.24) is 9.78 Å². The van der Waals surface area contributed by atoms with Crippen LogP contribution in [-0.2, 0) is 6.42 Å². The minimum absolute atomic E-state index is 0.750. The van der Waals surface area contributed by atoms with Crippen LogP contribution in [0.4, 0.5) is 5.82 Å². The Bertz CT molecular complexity index is 866. The summed E-state index contributed by atoms with van der Waals surface area (Å²) in [6.45, 7) is 2.93. The zero-order valence-corrected chi connectivity index (χ0v) is 14.2. The molecule has 0 saturated carbocycles. The number of fused-ring (bicyclic) bond motifs is 1. The van der Waals surface area contributed by atoms with E-state index in [4.69, 9.17) is 28.3 Å². The lowest BCUT2D eigenvalue weighted by atomic mass is 10.2. The van der Waals surface area contributed by atoms with Gasteiger partial charge in [0, 0.05) is 17.1 Å². The third kappa shape index (κ3) is 2.22. The smallest absolute Gasteiger partial charge is 0.133 e. The van der Waals surface area contributed by atoms with Crippen LogP contribution < -0.4 is 5.32 Å². The van der Waals surface area contributed by atoms with E-state index in [0.29, 0.717) is 0 Å². The first-order chi connectivity index (χ1) is 10.6. The second-order valence-corrected chi connectivity index (χ2v) is 7.42. The van der Waals surface area contributed by atoms with Crippen LogP contribution in [-0.4, -0.2) is 16.3 Å². The molecule has 0 unspecified atom stereocenters. The highest BCUT2D eigenvalue weighted by Gasteiger charge is 2.24. The standard InChI is InChI=1S/C16H13Cl2N3S/c1-9-2-3-10(8-12(9)17)21-16-11(6-7-19-16)15(20-21)13-4-5-14(18)22-13/h2-5,8,19H,6-7H2,1H3. The van der Waals surface area contributed by atoms with Crippen molar-refractivity contribution in [3.63, 3.8) is 0 Å². The first-order valence-electron chi connectivity index (χ1n) is 7.01. The first-order valence-corrected chi connectivity index (χ1v) is 8.59. The van der Waals surface area contributed by atoms with Crippen molar-refractivity contribution in [2.75, 3.05) is 11.9 Å². The van der Waals surface area contributed by atoms with Crippen LogP contribution in [0.5, 0.6) is 0 Å². The highest BCUT2D eigenvalue weighted by molar-refractivity contribution is 7.19. The minimum Gasteiger partial charge on any atom is -0.369 e. The van der Waals surface area contributed by atoms with Gasteiger partial charge in [0.15, 0.2) is 0 Å². The molecule has 3 heterocycles. The molecule has 0 fully saturated rings. The summed E-state index contributed by atoms with van der Waals surface area (Å²) in [6.07, 6.45) is 0.972. The molecular weight excluding hydrogens is 337 g/mol. The molecule has 3 aromatic rings. The minimum atomic E-state index is 0.750. The van der Waals surface area contributed by atoms with Crippen LogP contribution in [0.1, 0.15) is 11.1 Å². The molecule has 1 aromatic carbocycles. The summed E-state index contributed by atoms with van der Waals surface area (Å²) in [6, 6.07) is 9.95. The summed E-state index contributed by atoms with van der Waals surface area (Å²) in [5, 5.41) is 8.98. The molecule has 3 nitrogen and oxygen atoms in total. The Hall–Kier alpha value is -1.49. The molecule has 4 rings (SSSR count). The van der Waals surface area contributed by atoms with E-state index in [1.165, 1.54) is 5.56 Å². The van der Waals surface area contributed by atoms with Gasteiger partial charge < -0.3 is 5.32 Å². The maximum Gasteiger partial charge on any atom is 0.133 e. The molecule has 6 heteroatoms. The Morgan fingerprint density at radius 1 is 1.23 bits per heavy atom. The third-order valence-electron chi connectivity index (χ3n) is 3.86. The van der Waals surface area contributed by atoms with Crippen molar-refractivity contribution < 1.29 is 0 Å². The lowest BCUT2D eigenvalue weighted by molar-refractivity contribution is 0.883. The monoisotopic (exact) mass is 349 g/mol. The number of nitrogens with one attached hydrogen (secondary N) is 1. The van der Waals surface area contributed by atoms with Gasteiger partial charge in [-0.1, -0.05) is 29.3 Å². The van der Waals surface area contributed by atoms with Crippen LogP contribution >= 0.6 is 34.5 Å². The molecule has 112 valence electrons. The van der Waals surface area contributed by atoms with Crippen LogP contribution in [0.15, 0.2) is 30.3 Å². The molecular formula is C16H13Cl2N3S. The van der Waals surface area contributed by atoms with Gasteiger partial charge in [-0.05, 0) is 43.2 Å². The maximum absolute atomic E-state index is 6.26.